The third-order valence-corrected chi connectivity index (χ3v) is 6.48. The highest BCUT2D eigenvalue weighted by Crippen LogP contribution is 2.35. The van der Waals surface area contributed by atoms with Gasteiger partial charge in [-0.25, -0.2) is 13.9 Å². The summed E-state index contributed by atoms with van der Waals surface area (Å²) in [6, 6.07) is 5.87. The Kier molecular flexibility index (Phi) is 4.79. The van der Waals surface area contributed by atoms with Crippen LogP contribution in [0.25, 0.3) is 28.0 Å². The Morgan fingerprint density at radius 2 is 1.79 bits per heavy atom. The number of rotatable bonds is 3. The molecule has 7 nitrogen and oxygen atoms in total. The van der Waals surface area contributed by atoms with E-state index >= 15 is 4.39 Å². The average Bonchev–Trinajstić information content (AvgIpc) is 3.28. The van der Waals surface area contributed by atoms with E-state index in [0.29, 0.717) is 22.9 Å². The fourth-order valence-electron chi connectivity index (χ4n) is 5.36. The van der Waals surface area contributed by atoms with Crippen LogP contribution in [0.5, 0.6) is 0 Å². The summed E-state index contributed by atoms with van der Waals surface area (Å²) < 4.78 is 22.9. The van der Waals surface area contributed by atoms with Crippen LogP contribution in [0.15, 0.2) is 28.8 Å². The van der Waals surface area contributed by atoms with Gasteiger partial charge in [-0.1, -0.05) is 0 Å². The summed E-state index contributed by atoms with van der Waals surface area (Å²) in [5, 5.41) is 8.33. The second kappa shape index (κ2) is 7.25. The molecule has 174 valence electrons. The first-order chi connectivity index (χ1) is 15.4. The topological polar surface area (TPSA) is 71.5 Å². The lowest BCUT2D eigenvalue weighted by Crippen LogP contribution is -2.61. The second-order valence-electron chi connectivity index (χ2n) is 10.7. The maximum Gasteiger partial charge on any atom is 0.298 e. The van der Waals surface area contributed by atoms with Crippen molar-refractivity contribution in [3.63, 3.8) is 0 Å². The van der Waals surface area contributed by atoms with E-state index < -0.39 is 5.82 Å². The molecule has 0 saturated carbocycles. The van der Waals surface area contributed by atoms with Crippen LogP contribution in [0.4, 0.5) is 10.4 Å². The molecule has 5 rings (SSSR count). The van der Waals surface area contributed by atoms with E-state index in [0.717, 1.165) is 29.7 Å². The first-order valence-electron chi connectivity index (χ1n) is 11.4. The normalized spacial score (nSPS) is 18.3. The molecular weight excluding hydrogens is 419 g/mol. The van der Waals surface area contributed by atoms with Gasteiger partial charge in [-0.3, -0.25) is 0 Å². The van der Waals surface area contributed by atoms with Gasteiger partial charge in [0.2, 0.25) is 0 Å². The van der Waals surface area contributed by atoms with Gasteiger partial charge in [0.25, 0.3) is 6.01 Å². The number of benzene rings is 1. The Balaban J connectivity index is 1.52. The molecule has 8 heteroatoms. The fourth-order valence-corrected chi connectivity index (χ4v) is 5.36. The van der Waals surface area contributed by atoms with Crippen LogP contribution in [0.2, 0.25) is 0 Å². The van der Waals surface area contributed by atoms with E-state index in [4.69, 9.17) is 4.42 Å². The van der Waals surface area contributed by atoms with Gasteiger partial charge in [-0.2, -0.15) is 10.1 Å². The maximum absolute atomic E-state index is 15.1. The summed E-state index contributed by atoms with van der Waals surface area (Å²) in [7, 11) is 1.98. The van der Waals surface area contributed by atoms with Gasteiger partial charge < -0.3 is 14.6 Å². The molecule has 1 saturated heterocycles. The highest BCUT2D eigenvalue weighted by molar-refractivity contribution is 5.81. The number of halogens is 1. The quantitative estimate of drug-likeness (QED) is 0.472. The zero-order valence-corrected chi connectivity index (χ0v) is 20.3. The van der Waals surface area contributed by atoms with Gasteiger partial charge in [0.15, 0.2) is 17.0 Å². The lowest BCUT2D eigenvalue weighted by molar-refractivity contribution is 0.159. The molecule has 0 unspecified atom stereocenters. The molecule has 1 aliphatic rings. The van der Waals surface area contributed by atoms with Gasteiger partial charge >= 0.3 is 0 Å². The van der Waals surface area contributed by atoms with Gasteiger partial charge in [-0.05, 0) is 78.1 Å². The molecule has 0 amide bonds. The Morgan fingerprint density at radius 1 is 1.09 bits per heavy atom. The zero-order chi connectivity index (χ0) is 23.7. The SMILES string of the molecule is Cc1cn2nc(-c3cc(F)c4nc(N(C)C5CC(C)(C)NC(C)(C)C5)oc4c3)cc(C)c2n1. The molecule has 4 aromatic rings. The highest BCUT2D eigenvalue weighted by Gasteiger charge is 2.40. The van der Waals surface area contributed by atoms with Crippen LogP contribution in [0, 0.1) is 19.7 Å². The number of aromatic nitrogens is 4. The largest absolute Gasteiger partial charge is 0.423 e. The van der Waals surface area contributed by atoms with Crippen molar-refractivity contribution < 1.29 is 8.81 Å². The molecule has 3 aromatic heterocycles. The number of fused-ring (bicyclic) bond motifs is 2. The molecule has 1 aliphatic heterocycles. The van der Waals surface area contributed by atoms with Crippen molar-refractivity contribution in [3.05, 3.63) is 41.5 Å². The number of piperidine rings is 1. The van der Waals surface area contributed by atoms with Gasteiger partial charge in [0.1, 0.15) is 5.52 Å². The van der Waals surface area contributed by atoms with E-state index in [1.165, 1.54) is 6.07 Å². The van der Waals surface area contributed by atoms with Crippen molar-refractivity contribution in [2.75, 3.05) is 11.9 Å². The van der Waals surface area contributed by atoms with Crippen molar-refractivity contribution >= 4 is 22.8 Å². The Labute approximate surface area is 193 Å². The maximum atomic E-state index is 15.1. The molecule has 0 spiro atoms. The summed E-state index contributed by atoms with van der Waals surface area (Å²) in [6.45, 7) is 12.7. The summed E-state index contributed by atoms with van der Waals surface area (Å²) in [4.78, 5) is 11.1. The Bertz CT molecular complexity index is 1350. The van der Waals surface area contributed by atoms with E-state index in [1.807, 2.05) is 44.1 Å². The third kappa shape index (κ3) is 3.97. The summed E-state index contributed by atoms with van der Waals surface area (Å²) in [5.74, 6) is -0.418. The van der Waals surface area contributed by atoms with Crippen LogP contribution in [0.3, 0.4) is 0 Å². The first-order valence-corrected chi connectivity index (χ1v) is 11.4. The van der Waals surface area contributed by atoms with Crippen LogP contribution in [-0.2, 0) is 0 Å². The highest BCUT2D eigenvalue weighted by atomic mass is 19.1. The number of nitrogens with one attached hydrogen (secondary N) is 1. The van der Waals surface area contributed by atoms with Crippen LogP contribution < -0.4 is 10.2 Å². The number of imidazole rings is 1. The molecule has 0 aliphatic carbocycles. The van der Waals surface area contributed by atoms with Crippen LogP contribution in [0.1, 0.15) is 51.8 Å². The lowest BCUT2D eigenvalue weighted by Gasteiger charge is -2.48. The minimum absolute atomic E-state index is 0.0149. The van der Waals surface area contributed by atoms with Crippen molar-refractivity contribution in [1.82, 2.24) is 24.9 Å². The number of hydrogen-bond donors (Lipinski definition) is 1. The van der Waals surface area contributed by atoms with Crippen molar-refractivity contribution in [1.29, 1.82) is 0 Å². The Hall–Kier alpha value is -3.00. The molecule has 1 aromatic carbocycles. The first kappa shape index (κ1) is 21.8. The summed E-state index contributed by atoms with van der Waals surface area (Å²) in [6.07, 6.45) is 3.74. The minimum atomic E-state index is -0.418. The molecule has 0 radical (unpaired) electrons. The zero-order valence-electron chi connectivity index (χ0n) is 20.3. The molecule has 0 bridgehead atoms. The Morgan fingerprint density at radius 3 is 2.48 bits per heavy atom. The monoisotopic (exact) mass is 450 g/mol. The molecular formula is C25H31FN6O. The van der Waals surface area contributed by atoms with E-state index in [1.54, 1.807) is 4.52 Å². The van der Waals surface area contributed by atoms with E-state index in [-0.39, 0.29) is 22.6 Å². The number of oxazole rings is 1. The molecule has 4 heterocycles. The standard InChI is InChI=1S/C25H31FN6O/c1-14-8-19(29-32-13-15(2)27-22(14)32)16-9-18(26)21-20(10-16)33-23(28-21)31(7)17-11-24(3,4)30-25(5,6)12-17/h8-10,13,17,30H,11-12H2,1-7H3. The third-order valence-electron chi connectivity index (χ3n) is 6.48. The summed E-state index contributed by atoms with van der Waals surface area (Å²) >= 11 is 0. The van der Waals surface area contributed by atoms with Gasteiger partial charge in [0, 0.05) is 29.7 Å². The lowest BCUT2D eigenvalue weighted by atomic mass is 9.79. The molecule has 0 atom stereocenters. The number of hydrogen-bond acceptors (Lipinski definition) is 6. The van der Waals surface area contributed by atoms with Crippen molar-refractivity contribution in [2.45, 2.75) is 71.5 Å². The van der Waals surface area contributed by atoms with E-state index in [9.17, 15) is 0 Å². The molecule has 33 heavy (non-hydrogen) atoms. The predicted octanol–water partition coefficient (Wildman–Crippen LogP) is 5.04. The van der Waals surface area contributed by atoms with E-state index in [2.05, 4.69) is 48.1 Å². The van der Waals surface area contributed by atoms with Crippen LogP contribution in [-0.4, -0.2) is 43.7 Å². The van der Waals surface area contributed by atoms with Gasteiger partial charge in [-0.15, -0.1) is 0 Å². The predicted molar refractivity (Wildman–Crippen MR) is 128 cm³/mol. The molecule has 1 N–H and O–H groups in total. The average molecular weight is 451 g/mol. The van der Waals surface area contributed by atoms with Crippen LogP contribution >= 0.6 is 0 Å². The minimum Gasteiger partial charge on any atom is -0.423 e. The van der Waals surface area contributed by atoms with Crippen molar-refractivity contribution in [2.24, 2.45) is 0 Å². The number of aryl methyl sites for hydroxylation is 2. The van der Waals surface area contributed by atoms with Crippen molar-refractivity contribution in [3.8, 4) is 11.3 Å². The fraction of sp³-hybridized carbons (Fsp3) is 0.480. The molecule has 1 fully saturated rings. The number of anilines is 1. The summed E-state index contributed by atoms with van der Waals surface area (Å²) in [5.41, 5.74) is 4.59. The van der Waals surface area contributed by atoms with Gasteiger partial charge in [0.05, 0.1) is 17.6 Å². The number of nitrogens with zero attached hydrogens (tertiary/aromatic N) is 5. The smallest absolute Gasteiger partial charge is 0.298 e. The second-order valence-corrected chi connectivity index (χ2v) is 10.7.